The molecular formula is C13H8O. The van der Waals surface area contributed by atoms with Crippen LogP contribution in [-0.4, -0.2) is 5.78 Å². The number of Topliss-reactive ketones (excluding diaryl/α,β-unsaturated/α-hetero) is 1. The van der Waals surface area contributed by atoms with Gasteiger partial charge < -0.3 is 0 Å². The van der Waals surface area contributed by atoms with Crippen molar-refractivity contribution in [1.29, 1.82) is 0 Å². The second-order valence-corrected chi connectivity index (χ2v) is 3.04. The summed E-state index contributed by atoms with van der Waals surface area (Å²) in [5.74, 6) is 1.85. The van der Waals surface area contributed by atoms with E-state index in [0.29, 0.717) is 5.56 Å². The van der Waals surface area contributed by atoms with E-state index in [4.69, 9.17) is 6.42 Å². The standard InChI is InChI=1S/C13H8O/c1-2-13(14)12-8-10-6-4-3-5-7-11(10)9-12/h1,3-9H. The summed E-state index contributed by atoms with van der Waals surface area (Å²) in [5, 5.41) is 0. The molecule has 2 rings (SSSR count). The highest BCUT2D eigenvalue weighted by Crippen LogP contribution is 2.24. The zero-order chi connectivity index (χ0) is 9.97. The fourth-order valence-electron chi connectivity index (χ4n) is 1.43. The average Bonchev–Trinajstić information content (AvgIpc) is 2.49. The summed E-state index contributed by atoms with van der Waals surface area (Å²) in [6.07, 6.45) is 5.05. The largest absolute Gasteiger partial charge is 0.279 e. The van der Waals surface area contributed by atoms with E-state index in [1.165, 1.54) is 0 Å². The average molecular weight is 180 g/mol. The zero-order valence-corrected chi connectivity index (χ0v) is 7.53. The Labute approximate surface area is 82.7 Å². The Balaban J connectivity index is 2.60. The molecule has 0 atom stereocenters. The molecule has 0 saturated carbocycles. The van der Waals surface area contributed by atoms with Crippen LogP contribution in [0.3, 0.4) is 0 Å². The first-order valence-corrected chi connectivity index (χ1v) is 4.31. The monoisotopic (exact) mass is 180 g/mol. The minimum atomic E-state index is -0.260. The number of hydrogen-bond donors (Lipinski definition) is 0. The van der Waals surface area contributed by atoms with E-state index in [1.54, 1.807) is 0 Å². The van der Waals surface area contributed by atoms with Crippen LogP contribution in [0.2, 0.25) is 0 Å². The minimum Gasteiger partial charge on any atom is -0.279 e. The van der Waals surface area contributed by atoms with E-state index < -0.39 is 0 Å². The number of rotatable bonds is 1. The molecule has 2 aliphatic rings. The molecule has 0 saturated heterocycles. The maximum absolute atomic E-state index is 11.2. The van der Waals surface area contributed by atoms with Gasteiger partial charge >= 0.3 is 0 Å². The van der Waals surface area contributed by atoms with Gasteiger partial charge in [-0.2, -0.15) is 0 Å². The number of carbonyl (C=O) groups is 1. The van der Waals surface area contributed by atoms with Crippen LogP contribution >= 0.6 is 0 Å². The predicted molar refractivity (Wildman–Crippen MR) is 56.2 cm³/mol. The topological polar surface area (TPSA) is 17.1 Å². The van der Waals surface area contributed by atoms with Crippen molar-refractivity contribution in [3.05, 3.63) is 48.0 Å². The van der Waals surface area contributed by atoms with Crippen LogP contribution in [0, 0.1) is 12.3 Å². The molecule has 0 amide bonds. The van der Waals surface area contributed by atoms with Crippen molar-refractivity contribution in [3.63, 3.8) is 0 Å². The van der Waals surface area contributed by atoms with Gasteiger partial charge in [-0.3, -0.25) is 4.79 Å². The Morgan fingerprint density at radius 2 is 1.64 bits per heavy atom. The van der Waals surface area contributed by atoms with Gasteiger partial charge in [-0.1, -0.05) is 30.3 Å². The first-order valence-electron chi connectivity index (χ1n) is 4.31. The van der Waals surface area contributed by atoms with Crippen LogP contribution in [0.25, 0.3) is 11.1 Å². The minimum absolute atomic E-state index is 0.260. The second kappa shape index (κ2) is 3.35. The summed E-state index contributed by atoms with van der Waals surface area (Å²) in [6.45, 7) is 0. The zero-order valence-electron chi connectivity index (χ0n) is 7.53. The molecule has 0 aromatic carbocycles. The molecule has 2 aliphatic carbocycles. The van der Waals surface area contributed by atoms with Crippen molar-refractivity contribution < 1.29 is 4.79 Å². The summed E-state index contributed by atoms with van der Waals surface area (Å²) in [7, 11) is 0. The van der Waals surface area contributed by atoms with E-state index in [2.05, 4.69) is 5.92 Å². The van der Waals surface area contributed by atoms with Crippen LogP contribution in [0.4, 0.5) is 0 Å². The lowest BCUT2D eigenvalue weighted by molar-refractivity contribution is 0.105. The maximum atomic E-state index is 11.2. The molecule has 14 heavy (non-hydrogen) atoms. The molecular weight excluding hydrogens is 172 g/mol. The Hall–Kier alpha value is -2.07. The van der Waals surface area contributed by atoms with Crippen LogP contribution in [0.1, 0.15) is 10.4 Å². The third-order valence-electron chi connectivity index (χ3n) is 2.12. The summed E-state index contributed by atoms with van der Waals surface area (Å²) < 4.78 is 0. The van der Waals surface area contributed by atoms with Crippen molar-refractivity contribution in [1.82, 2.24) is 0 Å². The van der Waals surface area contributed by atoms with Gasteiger partial charge in [-0.25, -0.2) is 0 Å². The highest BCUT2D eigenvalue weighted by atomic mass is 16.1. The summed E-state index contributed by atoms with van der Waals surface area (Å²) in [5.41, 5.74) is 2.66. The Kier molecular flexibility index (Phi) is 2.04. The highest BCUT2D eigenvalue weighted by molar-refractivity contribution is 6.10. The Bertz CT molecular complexity index is 460. The molecule has 0 aromatic heterocycles. The molecule has 0 radical (unpaired) electrons. The van der Waals surface area contributed by atoms with Crippen molar-refractivity contribution in [3.8, 4) is 23.5 Å². The molecule has 0 spiro atoms. The molecule has 1 heteroatoms. The van der Waals surface area contributed by atoms with E-state index in [9.17, 15) is 4.79 Å². The summed E-state index contributed by atoms with van der Waals surface area (Å²) in [6, 6.07) is 13.4. The quantitative estimate of drug-likeness (QED) is 0.374. The van der Waals surface area contributed by atoms with E-state index >= 15 is 0 Å². The van der Waals surface area contributed by atoms with Crippen molar-refractivity contribution in [2.24, 2.45) is 0 Å². The van der Waals surface area contributed by atoms with Gasteiger partial charge in [-0.15, -0.1) is 6.42 Å². The first kappa shape index (κ1) is 8.52. The lowest BCUT2D eigenvalue weighted by Crippen LogP contribution is -1.89. The molecule has 0 aromatic rings. The molecule has 0 N–H and O–H groups in total. The van der Waals surface area contributed by atoms with Gasteiger partial charge in [0.2, 0.25) is 5.78 Å². The number of carbonyl (C=O) groups excluding carboxylic acids is 1. The number of hydrogen-bond acceptors (Lipinski definition) is 1. The van der Waals surface area contributed by atoms with Crippen LogP contribution < -0.4 is 0 Å². The van der Waals surface area contributed by atoms with Crippen molar-refractivity contribution in [2.45, 2.75) is 0 Å². The lowest BCUT2D eigenvalue weighted by atomic mass is 10.2. The molecule has 66 valence electrons. The third kappa shape index (κ3) is 1.38. The highest BCUT2D eigenvalue weighted by Gasteiger charge is 2.08. The van der Waals surface area contributed by atoms with E-state index in [0.717, 1.165) is 11.1 Å². The fraction of sp³-hybridized carbons (Fsp3) is 0. The third-order valence-corrected chi connectivity index (χ3v) is 2.12. The molecule has 0 heterocycles. The normalized spacial score (nSPS) is 9.64. The van der Waals surface area contributed by atoms with Gasteiger partial charge in [0, 0.05) is 5.56 Å². The van der Waals surface area contributed by atoms with Gasteiger partial charge in [0.05, 0.1) is 0 Å². The van der Waals surface area contributed by atoms with Gasteiger partial charge in [0.15, 0.2) is 0 Å². The molecule has 0 unspecified atom stereocenters. The summed E-state index contributed by atoms with van der Waals surface area (Å²) in [4.78, 5) is 11.2. The van der Waals surface area contributed by atoms with E-state index in [1.807, 2.05) is 42.5 Å². The summed E-state index contributed by atoms with van der Waals surface area (Å²) >= 11 is 0. The van der Waals surface area contributed by atoms with Crippen molar-refractivity contribution in [2.75, 3.05) is 0 Å². The van der Waals surface area contributed by atoms with Crippen LogP contribution in [-0.2, 0) is 0 Å². The van der Waals surface area contributed by atoms with Crippen LogP contribution in [0.5, 0.6) is 0 Å². The first-order chi connectivity index (χ1) is 6.81. The maximum Gasteiger partial charge on any atom is 0.235 e. The molecule has 0 bridgehead atoms. The molecule has 1 nitrogen and oxygen atoms in total. The predicted octanol–water partition coefficient (Wildman–Crippen LogP) is 2.61. The molecule has 0 aliphatic heterocycles. The number of ketones is 1. The van der Waals surface area contributed by atoms with Gasteiger partial charge in [0.1, 0.15) is 0 Å². The number of terminal acetylenes is 1. The van der Waals surface area contributed by atoms with E-state index in [-0.39, 0.29) is 5.78 Å². The number of fused-ring (bicyclic) bond motifs is 1. The molecule has 0 fully saturated rings. The second-order valence-electron chi connectivity index (χ2n) is 3.04. The smallest absolute Gasteiger partial charge is 0.235 e. The van der Waals surface area contributed by atoms with Crippen molar-refractivity contribution >= 4 is 5.78 Å². The van der Waals surface area contributed by atoms with Gasteiger partial charge in [-0.05, 0) is 29.2 Å². The Morgan fingerprint density at radius 3 is 2.14 bits per heavy atom. The van der Waals surface area contributed by atoms with Gasteiger partial charge in [0.25, 0.3) is 0 Å². The lowest BCUT2D eigenvalue weighted by Gasteiger charge is -1.85. The Morgan fingerprint density at radius 1 is 1.07 bits per heavy atom. The van der Waals surface area contributed by atoms with Crippen LogP contribution in [0.15, 0.2) is 42.5 Å². The fourth-order valence-corrected chi connectivity index (χ4v) is 1.43. The SMILES string of the molecule is C#CC(=O)c1cc2cccccc-2c1.